The number of amides is 2. The molecule has 1 saturated carbocycles. The lowest BCUT2D eigenvalue weighted by molar-refractivity contribution is -0.190. The zero-order chi connectivity index (χ0) is 9.92. The van der Waals surface area contributed by atoms with Crippen LogP contribution in [0.5, 0.6) is 0 Å². The van der Waals surface area contributed by atoms with Gasteiger partial charge in [0, 0.05) is 7.05 Å². The van der Waals surface area contributed by atoms with Crippen molar-refractivity contribution in [3.63, 3.8) is 0 Å². The molecular weight excluding hydrogens is 184 g/mol. The van der Waals surface area contributed by atoms with Crippen molar-refractivity contribution in [3.05, 3.63) is 0 Å². The largest absolute Gasteiger partial charge is 0.294 e. The Hall–Kier alpha value is -0.940. The lowest BCUT2D eigenvalue weighted by atomic mass is 9.67. The van der Waals surface area contributed by atoms with E-state index in [2.05, 4.69) is 5.32 Å². The van der Waals surface area contributed by atoms with E-state index in [1.807, 2.05) is 7.05 Å². The van der Waals surface area contributed by atoms with Gasteiger partial charge >= 0.3 is 0 Å². The van der Waals surface area contributed by atoms with Gasteiger partial charge in [-0.15, -0.1) is 0 Å². The zero-order valence-electron chi connectivity index (χ0n) is 7.95. The highest BCUT2D eigenvalue weighted by Crippen LogP contribution is 2.51. The molecule has 5 heteroatoms. The van der Waals surface area contributed by atoms with Gasteiger partial charge in [0.25, 0.3) is 5.91 Å². The third kappa shape index (κ3) is 0.734. The van der Waals surface area contributed by atoms with Crippen LogP contribution in [0.2, 0.25) is 0 Å². The van der Waals surface area contributed by atoms with Crippen LogP contribution in [0.15, 0.2) is 0 Å². The molecule has 0 aromatic heterocycles. The van der Waals surface area contributed by atoms with Gasteiger partial charge in [-0.1, -0.05) is 0 Å². The smallest absolute Gasteiger partial charge is 0.258 e. The molecule has 1 spiro atoms. The Kier molecular flexibility index (Phi) is 1.41. The number of imide groups is 1. The molecule has 0 aromatic carbocycles. The minimum Gasteiger partial charge on any atom is -0.294 e. The maximum Gasteiger partial charge on any atom is 0.258 e. The number of rotatable bonds is 0. The van der Waals surface area contributed by atoms with Gasteiger partial charge in [-0.2, -0.15) is 5.06 Å². The third-order valence-electron chi connectivity index (χ3n) is 3.79. The fourth-order valence-corrected chi connectivity index (χ4v) is 2.83. The van der Waals surface area contributed by atoms with E-state index in [1.54, 1.807) is 5.06 Å². The first-order chi connectivity index (χ1) is 6.65. The van der Waals surface area contributed by atoms with Crippen molar-refractivity contribution in [2.75, 3.05) is 7.05 Å². The fourth-order valence-electron chi connectivity index (χ4n) is 2.83. The van der Waals surface area contributed by atoms with E-state index < -0.39 is 6.10 Å². The molecule has 3 rings (SSSR count). The Labute approximate surface area is 81.3 Å². The summed E-state index contributed by atoms with van der Waals surface area (Å²) in [5, 5.41) is 4.06. The molecule has 14 heavy (non-hydrogen) atoms. The van der Waals surface area contributed by atoms with Crippen LogP contribution in [0, 0.1) is 5.92 Å². The Bertz CT molecular complexity index is 324. The van der Waals surface area contributed by atoms with Crippen LogP contribution in [-0.4, -0.2) is 35.6 Å². The average molecular weight is 196 g/mol. The highest BCUT2D eigenvalue weighted by molar-refractivity contribution is 6.07. The van der Waals surface area contributed by atoms with Crippen LogP contribution in [-0.2, 0) is 14.4 Å². The molecule has 2 amide bonds. The predicted octanol–water partition coefficient (Wildman–Crippen LogP) is -0.573. The van der Waals surface area contributed by atoms with Crippen molar-refractivity contribution >= 4 is 11.8 Å². The van der Waals surface area contributed by atoms with Crippen LogP contribution >= 0.6 is 0 Å². The first kappa shape index (κ1) is 8.38. The van der Waals surface area contributed by atoms with Gasteiger partial charge in [0.15, 0.2) is 6.10 Å². The lowest BCUT2D eigenvalue weighted by Gasteiger charge is -2.44. The van der Waals surface area contributed by atoms with Crippen LogP contribution in [0.4, 0.5) is 0 Å². The van der Waals surface area contributed by atoms with Gasteiger partial charge in [-0.25, -0.2) is 0 Å². The SMILES string of the molecule is CN1OC2C(=O)NC(=O)C2C12CCC2. The average Bonchev–Trinajstić information content (AvgIpc) is 2.48. The zero-order valence-corrected chi connectivity index (χ0v) is 7.95. The maximum absolute atomic E-state index is 11.6. The number of nitrogens with zero attached hydrogens (tertiary/aromatic N) is 1. The Morgan fingerprint density at radius 3 is 2.71 bits per heavy atom. The standard InChI is InChI=1S/C9H12N2O3/c1-11-9(3-2-4-9)5-6(14-11)8(13)10-7(5)12/h5-6H,2-4H2,1H3,(H,10,12,13). The van der Waals surface area contributed by atoms with Crippen molar-refractivity contribution in [2.24, 2.45) is 5.92 Å². The summed E-state index contributed by atoms with van der Waals surface area (Å²) in [5.74, 6) is -0.728. The Morgan fingerprint density at radius 1 is 1.43 bits per heavy atom. The highest BCUT2D eigenvalue weighted by atomic mass is 16.7. The normalized spacial score (nSPS) is 39.8. The molecule has 3 fully saturated rings. The Morgan fingerprint density at radius 2 is 2.14 bits per heavy atom. The monoisotopic (exact) mass is 196 g/mol. The molecule has 3 aliphatic rings. The first-order valence-electron chi connectivity index (χ1n) is 4.90. The molecule has 2 heterocycles. The van der Waals surface area contributed by atoms with Crippen molar-refractivity contribution in [2.45, 2.75) is 30.9 Å². The molecule has 2 saturated heterocycles. The highest BCUT2D eigenvalue weighted by Gasteiger charge is 2.65. The summed E-state index contributed by atoms with van der Waals surface area (Å²) in [4.78, 5) is 28.4. The molecule has 2 atom stereocenters. The molecule has 1 aliphatic carbocycles. The summed E-state index contributed by atoms with van der Waals surface area (Å²) >= 11 is 0. The van der Waals surface area contributed by atoms with Gasteiger partial charge in [0.1, 0.15) is 0 Å². The van der Waals surface area contributed by atoms with Gasteiger partial charge in [-0.3, -0.25) is 19.7 Å². The molecule has 2 aliphatic heterocycles. The van der Waals surface area contributed by atoms with Crippen LogP contribution < -0.4 is 5.32 Å². The number of nitrogens with one attached hydrogen (secondary N) is 1. The summed E-state index contributed by atoms with van der Waals surface area (Å²) in [6.45, 7) is 0. The third-order valence-corrected chi connectivity index (χ3v) is 3.79. The molecule has 2 unspecified atom stereocenters. The fraction of sp³-hybridized carbons (Fsp3) is 0.778. The summed E-state index contributed by atoms with van der Waals surface area (Å²) in [5.41, 5.74) is -0.194. The van der Waals surface area contributed by atoms with Crippen LogP contribution in [0.25, 0.3) is 0 Å². The van der Waals surface area contributed by atoms with Gasteiger partial charge in [0.05, 0.1) is 11.5 Å². The van der Waals surface area contributed by atoms with Crippen molar-refractivity contribution in [3.8, 4) is 0 Å². The molecule has 0 radical (unpaired) electrons. The van der Waals surface area contributed by atoms with Crippen molar-refractivity contribution in [1.82, 2.24) is 10.4 Å². The van der Waals surface area contributed by atoms with E-state index in [0.717, 1.165) is 19.3 Å². The maximum atomic E-state index is 11.6. The molecular formula is C9H12N2O3. The van der Waals surface area contributed by atoms with E-state index in [0.29, 0.717) is 0 Å². The minimum absolute atomic E-state index is 0.163. The van der Waals surface area contributed by atoms with Crippen molar-refractivity contribution < 1.29 is 14.4 Å². The topological polar surface area (TPSA) is 58.6 Å². The second-order valence-electron chi connectivity index (χ2n) is 4.31. The van der Waals surface area contributed by atoms with Crippen LogP contribution in [0.3, 0.4) is 0 Å². The number of carbonyl (C=O) groups is 2. The van der Waals surface area contributed by atoms with E-state index >= 15 is 0 Å². The predicted molar refractivity (Wildman–Crippen MR) is 45.9 cm³/mol. The van der Waals surface area contributed by atoms with E-state index in [1.165, 1.54) is 0 Å². The number of hydroxylamine groups is 2. The quantitative estimate of drug-likeness (QED) is 0.527. The second kappa shape index (κ2) is 2.35. The molecule has 76 valence electrons. The second-order valence-corrected chi connectivity index (χ2v) is 4.31. The summed E-state index contributed by atoms with van der Waals surface area (Å²) in [6.07, 6.45) is 2.43. The van der Waals surface area contributed by atoms with E-state index in [9.17, 15) is 9.59 Å². The molecule has 0 bridgehead atoms. The van der Waals surface area contributed by atoms with E-state index in [-0.39, 0.29) is 23.3 Å². The summed E-state index contributed by atoms with van der Waals surface area (Å²) in [7, 11) is 1.82. The van der Waals surface area contributed by atoms with E-state index in [4.69, 9.17) is 4.84 Å². The molecule has 5 nitrogen and oxygen atoms in total. The Balaban J connectivity index is 2.01. The molecule has 1 N–H and O–H groups in total. The van der Waals surface area contributed by atoms with Gasteiger partial charge in [0.2, 0.25) is 5.91 Å². The van der Waals surface area contributed by atoms with Gasteiger partial charge in [-0.05, 0) is 19.3 Å². The number of carbonyl (C=O) groups excluding carboxylic acids is 2. The van der Waals surface area contributed by atoms with Gasteiger partial charge < -0.3 is 0 Å². The van der Waals surface area contributed by atoms with Crippen molar-refractivity contribution in [1.29, 1.82) is 0 Å². The molecule has 0 aromatic rings. The summed E-state index contributed by atoms with van der Waals surface area (Å²) < 4.78 is 0. The summed E-state index contributed by atoms with van der Waals surface area (Å²) in [6, 6.07) is 0. The lowest BCUT2D eigenvalue weighted by Crippen LogP contribution is -2.54. The minimum atomic E-state index is -0.576. The van der Waals surface area contributed by atoms with Crippen LogP contribution in [0.1, 0.15) is 19.3 Å². The number of fused-ring (bicyclic) bond motifs is 2. The number of hydrogen-bond donors (Lipinski definition) is 1. The number of hydrogen-bond acceptors (Lipinski definition) is 4. The first-order valence-corrected chi connectivity index (χ1v) is 4.90.